The quantitative estimate of drug-likeness (QED) is 0.571. The van der Waals surface area contributed by atoms with E-state index in [-0.39, 0.29) is 12.1 Å². The fourth-order valence-electron chi connectivity index (χ4n) is 1.84. The summed E-state index contributed by atoms with van der Waals surface area (Å²) in [5, 5.41) is 0. The van der Waals surface area contributed by atoms with Crippen molar-refractivity contribution in [1.29, 1.82) is 0 Å². The second kappa shape index (κ2) is 7.01. The molecule has 0 amide bonds. The van der Waals surface area contributed by atoms with Crippen molar-refractivity contribution in [3.8, 4) is 0 Å². The molecule has 0 aliphatic heterocycles. The molecule has 16 heavy (non-hydrogen) atoms. The van der Waals surface area contributed by atoms with Crippen LogP contribution in [-0.2, 0) is 4.74 Å². The van der Waals surface area contributed by atoms with Crippen molar-refractivity contribution in [3.63, 3.8) is 0 Å². The highest BCUT2D eigenvalue weighted by molar-refractivity contribution is 7.12. The maximum atomic E-state index is 5.76. The van der Waals surface area contributed by atoms with Crippen LogP contribution in [0.25, 0.3) is 0 Å². The van der Waals surface area contributed by atoms with E-state index in [1.807, 2.05) is 6.92 Å². The SMILES string of the molecule is CCCC(OCC)C(NN)c1ccc(C)s1. The third-order valence-electron chi connectivity index (χ3n) is 2.57. The van der Waals surface area contributed by atoms with Gasteiger partial charge in [0, 0.05) is 16.4 Å². The Morgan fingerprint density at radius 2 is 2.19 bits per heavy atom. The van der Waals surface area contributed by atoms with Gasteiger partial charge in [0.25, 0.3) is 0 Å². The summed E-state index contributed by atoms with van der Waals surface area (Å²) in [4.78, 5) is 2.56. The van der Waals surface area contributed by atoms with E-state index in [0.717, 1.165) is 19.4 Å². The highest BCUT2D eigenvalue weighted by atomic mass is 32.1. The van der Waals surface area contributed by atoms with Crippen LogP contribution in [0.15, 0.2) is 12.1 Å². The lowest BCUT2D eigenvalue weighted by Crippen LogP contribution is -2.37. The van der Waals surface area contributed by atoms with Crippen LogP contribution in [0.4, 0.5) is 0 Å². The zero-order valence-electron chi connectivity index (χ0n) is 10.3. The average Bonchev–Trinajstić information content (AvgIpc) is 2.67. The molecule has 2 unspecified atom stereocenters. The fourth-order valence-corrected chi connectivity index (χ4v) is 2.83. The van der Waals surface area contributed by atoms with Crippen molar-refractivity contribution < 1.29 is 4.74 Å². The first kappa shape index (κ1) is 13.6. The Bertz CT molecular complexity index is 295. The topological polar surface area (TPSA) is 47.3 Å². The van der Waals surface area contributed by atoms with Crippen LogP contribution in [0.1, 0.15) is 42.5 Å². The standard InChI is InChI=1S/C12H22N2OS/c1-4-6-10(15-5-2)12(14-13)11-8-7-9(3)16-11/h7-8,10,12,14H,4-6,13H2,1-3H3. The maximum absolute atomic E-state index is 5.76. The molecule has 0 bridgehead atoms. The Kier molecular flexibility index (Phi) is 5.98. The van der Waals surface area contributed by atoms with E-state index in [1.165, 1.54) is 9.75 Å². The van der Waals surface area contributed by atoms with Crippen molar-refractivity contribution >= 4 is 11.3 Å². The molecule has 0 saturated heterocycles. The summed E-state index contributed by atoms with van der Waals surface area (Å²) < 4.78 is 5.76. The predicted molar refractivity (Wildman–Crippen MR) is 69.4 cm³/mol. The third-order valence-corrected chi connectivity index (χ3v) is 3.66. The summed E-state index contributed by atoms with van der Waals surface area (Å²) in [6, 6.07) is 4.37. The second-order valence-electron chi connectivity index (χ2n) is 3.88. The van der Waals surface area contributed by atoms with Gasteiger partial charge in [0.1, 0.15) is 0 Å². The lowest BCUT2D eigenvalue weighted by molar-refractivity contribution is 0.0285. The van der Waals surface area contributed by atoms with E-state index in [4.69, 9.17) is 10.6 Å². The zero-order valence-corrected chi connectivity index (χ0v) is 11.1. The van der Waals surface area contributed by atoms with Crippen LogP contribution in [0.2, 0.25) is 0 Å². The highest BCUT2D eigenvalue weighted by Gasteiger charge is 2.22. The lowest BCUT2D eigenvalue weighted by Gasteiger charge is -2.25. The number of nitrogens with one attached hydrogen (secondary N) is 1. The molecule has 3 nitrogen and oxygen atoms in total. The summed E-state index contributed by atoms with van der Waals surface area (Å²) in [6.45, 7) is 7.03. The number of ether oxygens (including phenoxy) is 1. The Labute approximate surface area is 102 Å². The Hall–Kier alpha value is -0.420. The minimum atomic E-state index is 0.110. The van der Waals surface area contributed by atoms with E-state index in [0.29, 0.717) is 0 Å². The molecule has 1 rings (SSSR count). The molecule has 0 saturated carbocycles. The van der Waals surface area contributed by atoms with Gasteiger partial charge in [-0.15, -0.1) is 11.3 Å². The minimum absolute atomic E-state index is 0.110. The van der Waals surface area contributed by atoms with Crippen LogP contribution in [0.5, 0.6) is 0 Å². The summed E-state index contributed by atoms with van der Waals surface area (Å²) in [5.74, 6) is 5.65. The number of hydrogen-bond donors (Lipinski definition) is 2. The van der Waals surface area contributed by atoms with Gasteiger partial charge in [-0.25, -0.2) is 5.43 Å². The lowest BCUT2D eigenvalue weighted by atomic mass is 10.1. The van der Waals surface area contributed by atoms with E-state index in [9.17, 15) is 0 Å². The van der Waals surface area contributed by atoms with Gasteiger partial charge in [0.05, 0.1) is 12.1 Å². The molecule has 0 aliphatic carbocycles. The van der Waals surface area contributed by atoms with E-state index >= 15 is 0 Å². The molecule has 1 aromatic rings. The number of hydrogen-bond acceptors (Lipinski definition) is 4. The van der Waals surface area contributed by atoms with Crippen molar-refractivity contribution in [2.24, 2.45) is 5.84 Å². The first-order valence-corrected chi connectivity index (χ1v) is 6.68. The highest BCUT2D eigenvalue weighted by Crippen LogP contribution is 2.28. The van der Waals surface area contributed by atoms with Gasteiger partial charge in [0.2, 0.25) is 0 Å². The monoisotopic (exact) mass is 242 g/mol. The van der Waals surface area contributed by atoms with Crippen LogP contribution >= 0.6 is 11.3 Å². The Morgan fingerprint density at radius 1 is 1.44 bits per heavy atom. The molecule has 0 aliphatic rings. The largest absolute Gasteiger partial charge is 0.376 e. The van der Waals surface area contributed by atoms with Crippen LogP contribution in [0, 0.1) is 6.92 Å². The first-order chi connectivity index (χ1) is 7.72. The molecular formula is C12H22N2OS. The molecule has 0 fully saturated rings. The van der Waals surface area contributed by atoms with Crippen molar-refractivity contribution in [2.45, 2.75) is 45.8 Å². The summed E-state index contributed by atoms with van der Waals surface area (Å²) in [5.41, 5.74) is 2.89. The molecule has 0 radical (unpaired) electrons. The molecule has 0 aromatic carbocycles. The van der Waals surface area contributed by atoms with Crippen LogP contribution < -0.4 is 11.3 Å². The van der Waals surface area contributed by atoms with Crippen molar-refractivity contribution in [3.05, 3.63) is 21.9 Å². The molecular weight excluding hydrogens is 220 g/mol. The van der Waals surface area contributed by atoms with E-state index in [1.54, 1.807) is 11.3 Å². The van der Waals surface area contributed by atoms with Gasteiger partial charge < -0.3 is 4.74 Å². The fraction of sp³-hybridized carbons (Fsp3) is 0.667. The molecule has 4 heteroatoms. The maximum Gasteiger partial charge on any atom is 0.0814 e. The summed E-state index contributed by atoms with van der Waals surface area (Å²) in [6.07, 6.45) is 2.30. The van der Waals surface area contributed by atoms with Gasteiger partial charge in [-0.1, -0.05) is 13.3 Å². The molecule has 2 atom stereocenters. The Morgan fingerprint density at radius 3 is 2.62 bits per heavy atom. The first-order valence-electron chi connectivity index (χ1n) is 5.87. The summed E-state index contributed by atoms with van der Waals surface area (Å²) >= 11 is 1.78. The smallest absolute Gasteiger partial charge is 0.0814 e. The second-order valence-corrected chi connectivity index (χ2v) is 5.19. The summed E-state index contributed by atoms with van der Waals surface area (Å²) in [7, 11) is 0. The van der Waals surface area contributed by atoms with E-state index < -0.39 is 0 Å². The van der Waals surface area contributed by atoms with Crippen molar-refractivity contribution in [2.75, 3.05) is 6.61 Å². The number of aryl methyl sites for hydroxylation is 1. The Balaban J connectivity index is 2.76. The number of rotatable bonds is 7. The minimum Gasteiger partial charge on any atom is -0.376 e. The zero-order chi connectivity index (χ0) is 12.0. The van der Waals surface area contributed by atoms with Gasteiger partial charge in [-0.3, -0.25) is 5.84 Å². The number of nitrogens with two attached hydrogens (primary N) is 1. The molecule has 1 aromatic heterocycles. The van der Waals surface area contributed by atoms with Crippen LogP contribution in [0.3, 0.4) is 0 Å². The molecule has 92 valence electrons. The molecule has 1 heterocycles. The predicted octanol–water partition coefficient (Wildman–Crippen LogP) is 2.77. The van der Waals surface area contributed by atoms with Crippen molar-refractivity contribution in [1.82, 2.24) is 5.43 Å². The number of thiophene rings is 1. The van der Waals surface area contributed by atoms with Gasteiger partial charge >= 0.3 is 0 Å². The average molecular weight is 242 g/mol. The van der Waals surface area contributed by atoms with Gasteiger partial charge in [-0.05, 0) is 32.4 Å². The molecule has 3 N–H and O–H groups in total. The number of hydrazine groups is 1. The van der Waals surface area contributed by atoms with Gasteiger partial charge in [0.15, 0.2) is 0 Å². The normalized spacial score (nSPS) is 15.0. The molecule has 0 spiro atoms. The van der Waals surface area contributed by atoms with Crippen LogP contribution in [-0.4, -0.2) is 12.7 Å². The van der Waals surface area contributed by atoms with E-state index in [2.05, 4.69) is 31.4 Å². The third kappa shape index (κ3) is 3.56. The van der Waals surface area contributed by atoms with Gasteiger partial charge in [-0.2, -0.15) is 0 Å².